The smallest absolute Gasteiger partial charge is 0.261 e. The second kappa shape index (κ2) is 7.51. The first-order valence-electron chi connectivity index (χ1n) is 8.44. The standard InChI is InChI=1S/C18H19FN2O5S2/c1-21(14-10-11-27(23,24)12-14)18(22)13-6-8-15(9-7-13)28(25,26)20-17-5-3-2-4-16(17)19/h2-9,14,20H,10-12H2,1H3. The summed E-state index contributed by atoms with van der Waals surface area (Å²) in [7, 11) is -5.63. The van der Waals surface area contributed by atoms with Crippen LogP contribution in [-0.4, -0.2) is 52.2 Å². The van der Waals surface area contributed by atoms with Gasteiger partial charge in [0.2, 0.25) is 0 Å². The fourth-order valence-corrected chi connectivity index (χ4v) is 5.82. The molecule has 7 nitrogen and oxygen atoms in total. The van der Waals surface area contributed by atoms with Crippen molar-refractivity contribution >= 4 is 31.5 Å². The lowest BCUT2D eigenvalue weighted by molar-refractivity contribution is 0.0747. The molecule has 1 amide bonds. The molecule has 1 fully saturated rings. The Bertz CT molecular complexity index is 1100. The van der Waals surface area contributed by atoms with E-state index in [2.05, 4.69) is 4.72 Å². The van der Waals surface area contributed by atoms with Gasteiger partial charge in [0.1, 0.15) is 5.82 Å². The summed E-state index contributed by atoms with van der Waals surface area (Å²) < 4.78 is 63.9. The number of sulfone groups is 1. The molecule has 0 saturated carbocycles. The van der Waals surface area contributed by atoms with Gasteiger partial charge in [-0.15, -0.1) is 0 Å². The van der Waals surface area contributed by atoms with Gasteiger partial charge < -0.3 is 4.90 Å². The molecule has 2 aromatic rings. The SMILES string of the molecule is CN(C(=O)c1ccc(S(=O)(=O)Nc2ccccc2F)cc1)C1CCS(=O)(=O)C1. The molecule has 28 heavy (non-hydrogen) atoms. The summed E-state index contributed by atoms with van der Waals surface area (Å²) in [6, 6.07) is 10.2. The maximum absolute atomic E-state index is 13.7. The number of rotatable bonds is 5. The van der Waals surface area contributed by atoms with Crippen molar-refractivity contribution in [2.75, 3.05) is 23.3 Å². The van der Waals surface area contributed by atoms with Gasteiger partial charge in [-0.3, -0.25) is 9.52 Å². The van der Waals surface area contributed by atoms with Gasteiger partial charge in [0.05, 0.1) is 22.1 Å². The number of nitrogens with zero attached hydrogens (tertiary/aromatic N) is 1. The van der Waals surface area contributed by atoms with Crippen molar-refractivity contribution < 1.29 is 26.0 Å². The van der Waals surface area contributed by atoms with Gasteiger partial charge in [0.15, 0.2) is 9.84 Å². The van der Waals surface area contributed by atoms with Gasteiger partial charge >= 0.3 is 0 Å². The summed E-state index contributed by atoms with van der Waals surface area (Å²) in [5.41, 5.74) is 0.0569. The van der Waals surface area contributed by atoms with E-state index in [4.69, 9.17) is 0 Å². The summed E-state index contributed by atoms with van der Waals surface area (Å²) >= 11 is 0. The summed E-state index contributed by atoms with van der Waals surface area (Å²) in [6.45, 7) is 0. The minimum atomic E-state index is -4.02. The topological polar surface area (TPSA) is 101 Å². The lowest BCUT2D eigenvalue weighted by Crippen LogP contribution is -2.37. The molecule has 1 atom stereocenters. The number of anilines is 1. The molecule has 1 heterocycles. The fourth-order valence-electron chi connectivity index (χ4n) is 2.97. The number of nitrogens with one attached hydrogen (secondary N) is 1. The van der Waals surface area contributed by atoms with Gasteiger partial charge in [0, 0.05) is 18.7 Å². The zero-order chi connectivity index (χ0) is 20.5. The molecular weight excluding hydrogens is 407 g/mol. The first kappa shape index (κ1) is 20.3. The van der Waals surface area contributed by atoms with Crippen LogP contribution < -0.4 is 4.72 Å². The van der Waals surface area contributed by atoms with Gasteiger partial charge in [-0.25, -0.2) is 21.2 Å². The van der Waals surface area contributed by atoms with E-state index in [1.165, 1.54) is 54.4 Å². The molecule has 3 rings (SSSR count). The first-order chi connectivity index (χ1) is 13.1. The molecule has 150 valence electrons. The van der Waals surface area contributed by atoms with E-state index >= 15 is 0 Å². The van der Waals surface area contributed by atoms with Crippen LogP contribution in [0.5, 0.6) is 0 Å². The number of sulfonamides is 1. The number of amides is 1. The summed E-state index contributed by atoms with van der Waals surface area (Å²) in [5.74, 6) is -1.12. The van der Waals surface area contributed by atoms with Crippen molar-refractivity contribution in [3.63, 3.8) is 0 Å². The molecule has 0 aromatic heterocycles. The largest absolute Gasteiger partial charge is 0.338 e. The molecule has 0 aliphatic carbocycles. The third-order valence-electron chi connectivity index (χ3n) is 4.61. The van der Waals surface area contributed by atoms with E-state index in [1.807, 2.05) is 0 Å². The van der Waals surface area contributed by atoms with Crippen LogP contribution in [0.4, 0.5) is 10.1 Å². The van der Waals surface area contributed by atoms with Crippen LogP contribution in [0.3, 0.4) is 0 Å². The Kier molecular flexibility index (Phi) is 5.44. The predicted molar refractivity (Wildman–Crippen MR) is 103 cm³/mol. The first-order valence-corrected chi connectivity index (χ1v) is 11.7. The Morgan fingerprint density at radius 1 is 1.14 bits per heavy atom. The average molecular weight is 426 g/mol. The normalized spacial score (nSPS) is 18.6. The highest BCUT2D eigenvalue weighted by molar-refractivity contribution is 7.92. The number of carbonyl (C=O) groups excluding carboxylic acids is 1. The van der Waals surface area contributed by atoms with Crippen molar-refractivity contribution in [2.24, 2.45) is 0 Å². The molecule has 1 unspecified atom stereocenters. The van der Waals surface area contributed by atoms with Gasteiger partial charge in [0.25, 0.3) is 15.9 Å². The van der Waals surface area contributed by atoms with Gasteiger partial charge in [-0.05, 0) is 42.8 Å². The van der Waals surface area contributed by atoms with Crippen molar-refractivity contribution in [1.82, 2.24) is 4.90 Å². The third-order valence-corrected chi connectivity index (χ3v) is 7.74. The molecular formula is C18H19FN2O5S2. The van der Waals surface area contributed by atoms with Crippen molar-refractivity contribution in [1.29, 1.82) is 0 Å². The highest BCUT2D eigenvalue weighted by Crippen LogP contribution is 2.21. The summed E-state index contributed by atoms with van der Waals surface area (Å²) in [4.78, 5) is 13.8. The Morgan fingerprint density at radius 2 is 1.79 bits per heavy atom. The van der Waals surface area contributed by atoms with Crippen LogP contribution >= 0.6 is 0 Å². The molecule has 0 bridgehead atoms. The number of hydrogen-bond donors (Lipinski definition) is 1. The van der Waals surface area contributed by atoms with Crippen LogP contribution in [0.2, 0.25) is 0 Å². The number of para-hydroxylation sites is 1. The second-order valence-electron chi connectivity index (χ2n) is 6.58. The number of benzene rings is 2. The molecule has 1 aliphatic heterocycles. The highest BCUT2D eigenvalue weighted by atomic mass is 32.2. The molecule has 1 saturated heterocycles. The number of carbonyl (C=O) groups is 1. The van der Waals surface area contributed by atoms with Crippen LogP contribution in [0, 0.1) is 5.82 Å². The monoisotopic (exact) mass is 426 g/mol. The molecule has 2 aromatic carbocycles. The minimum Gasteiger partial charge on any atom is -0.338 e. The van der Waals surface area contributed by atoms with Crippen LogP contribution in [0.15, 0.2) is 53.4 Å². The van der Waals surface area contributed by atoms with Crippen molar-refractivity contribution in [3.05, 3.63) is 59.9 Å². The Labute approximate surface area is 163 Å². The van der Waals surface area contributed by atoms with Gasteiger partial charge in [-0.2, -0.15) is 0 Å². The van der Waals surface area contributed by atoms with Crippen LogP contribution in [0.25, 0.3) is 0 Å². The zero-order valence-corrected chi connectivity index (χ0v) is 16.6. The van der Waals surface area contributed by atoms with Crippen LogP contribution in [-0.2, 0) is 19.9 Å². The maximum Gasteiger partial charge on any atom is 0.261 e. The Morgan fingerprint density at radius 3 is 2.36 bits per heavy atom. The molecule has 1 N–H and O–H groups in total. The summed E-state index contributed by atoms with van der Waals surface area (Å²) in [5, 5.41) is 0. The Balaban J connectivity index is 1.75. The van der Waals surface area contributed by atoms with Crippen molar-refractivity contribution in [3.8, 4) is 0 Å². The second-order valence-corrected chi connectivity index (χ2v) is 10.5. The van der Waals surface area contributed by atoms with Crippen LogP contribution in [0.1, 0.15) is 16.8 Å². The lowest BCUT2D eigenvalue weighted by Gasteiger charge is -2.23. The van der Waals surface area contributed by atoms with E-state index in [1.54, 1.807) is 0 Å². The lowest BCUT2D eigenvalue weighted by atomic mass is 10.1. The maximum atomic E-state index is 13.7. The van der Waals surface area contributed by atoms with E-state index in [0.717, 1.165) is 6.07 Å². The average Bonchev–Trinajstić information content (AvgIpc) is 3.02. The minimum absolute atomic E-state index is 0.0498. The molecule has 0 radical (unpaired) electrons. The molecule has 10 heteroatoms. The fraction of sp³-hybridized carbons (Fsp3) is 0.278. The predicted octanol–water partition coefficient (Wildman–Crippen LogP) is 1.89. The summed E-state index contributed by atoms with van der Waals surface area (Å²) in [6.07, 6.45) is 0.379. The van der Waals surface area contributed by atoms with E-state index in [0.29, 0.717) is 6.42 Å². The third kappa shape index (κ3) is 4.33. The quantitative estimate of drug-likeness (QED) is 0.787. The van der Waals surface area contributed by atoms with Crippen molar-refractivity contribution in [2.45, 2.75) is 17.4 Å². The number of halogens is 1. The zero-order valence-electron chi connectivity index (χ0n) is 15.0. The van der Waals surface area contributed by atoms with E-state index in [-0.39, 0.29) is 27.7 Å². The number of hydrogen-bond acceptors (Lipinski definition) is 5. The molecule has 0 spiro atoms. The van der Waals surface area contributed by atoms with E-state index < -0.39 is 37.6 Å². The van der Waals surface area contributed by atoms with Gasteiger partial charge in [-0.1, -0.05) is 12.1 Å². The highest BCUT2D eigenvalue weighted by Gasteiger charge is 2.33. The molecule has 1 aliphatic rings. The Hall–Kier alpha value is -2.46. The van der Waals surface area contributed by atoms with E-state index in [9.17, 15) is 26.0 Å².